The van der Waals surface area contributed by atoms with Gasteiger partial charge in [0.2, 0.25) is 0 Å². The third-order valence-electron chi connectivity index (χ3n) is 0.948. The van der Waals surface area contributed by atoms with Crippen molar-refractivity contribution in [2.45, 2.75) is 0 Å². The number of quaternary nitrogens is 1. The van der Waals surface area contributed by atoms with Gasteiger partial charge in [-0.3, -0.25) is 4.79 Å². The van der Waals surface area contributed by atoms with Gasteiger partial charge >= 0.3 is 0 Å². The number of rotatable bonds is 4. The molecule has 0 saturated heterocycles. The summed E-state index contributed by atoms with van der Waals surface area (Å²) >= 11 is 0. The zero-order valence-corrected chi connectivity index (χ0v) is 9.32. The predicted octanol–water partition coefficient (Wildman–Crippen LogP) is -2.55. The average molecular weight is 221 g/mol. The highest BCUT2D eigenvalue weighted by atomic mass is 35.5. The second-order valence-electron chi connectivity index (χ2n) is 2.98. The fraction of sp³-hybridized carbons (Fsp3) is 0.833. The lowest BCUT2D eigenvalue weighted by Gasteiger charge is -2.22. The summed E-state index contributed by atoms with van der Waals surface area (Å²) in [6.45, 7) is 1.85. The predicted molar refractivity (Wildman–Crippen MR) is 47.2 cm³/mol. The topological polar surface area (TPSA) is 61.3 Å². The summed E-state index contributed by atoms with van der Waals surface area (Å²) < 4.78 is 5.34. The van der Waals surface area contributed by atoms with E-state index in [9.17, 15) is 4.79 Å². The lowest BCUT2D eigenvalue weighted by atomic mass is 10.5. The number of nitrogens with zero attached hydrogens (tertiary/aromatic N) is 1. The highest BCUT2D eigenvalue weighted by molar-refractivity contribution is 5.85. The maximum atomic E-state index is 9.66. The summed E-state index contributed by atoms with van der Waals surface area (Å²) in [4.78, 5) is 9.66. The van der Waals surface area contributed by atoms with Gasteiger partial charge in [0.05, 0.1) is 21.1 Å². The Morgan fingerprint density at radius 1 is 1.33 bits per heavy atom. The Balaban J connectivity index is -0.000000107. The van der Waals surface area contributed by atoms with Gasteiger partial charge in [-0.15, -0.1) is 12.4 Å². The van der Waals surface area contributed by atoms with Crippen molar-refractivity contribution in [3.05, 3.63) is 0 Å². The molecule has 0 aliphatic heterocycles. The van der Waals surface area contributed by atoms with Gasteiger partial charge in [0, 0.05) is 0 Å². The van der Waals surface area contributed by atoms with E-state index in [2.05, 4.69) is 4.74 Å². The zero-order valence-electron chi connectivity index (χ0n) is 7.75. The summed E-state index contributed by atoms with van der Waals surface area (Å²) in [7, 11) is 6.15. The molecule has 4 nitrogen and oxygen atoms in total. The third kappa shape index (κ3) is 22.5. The molecule has 0 amide bonds. The van der Waals surface area contributed by atoms with Crippen LogP contribution >= 0.6 is 12.4 Å². The molecule has 0 aromatic heterocycles. The van der Waals surface area contributed by atoms with E-state index in [0.29, 0.717) is 13.1 Å². The third-order valence-corrected chi connectivity index (χ3v) is 0.948. The minimum Gasteiger partial charge on any atom is -1.00 e. The minimum absolute atomic E-state index is 0. The molecule has 0 unspecified atom stereocenters. The number of halogens is 2. The van der Waals surface area contributed by atoms with E-state index in [1.165, 1.54) is 0 Å². The summed E-state index contributed by atoms with van der Waals surface area (Å²) in [6, 6.07) is 0. The molecule has 0 bridgehead atoms. The summed E-state index contributed by atoms with van der Waals surface area (Å²) in [6.07, 6.45) is 0. The Bertz CT molecular complexity index is 96.0. The highest BCUT2D eigenvalue weighted by Gasteiger charge is 2.04. The molecule has 0 aliphatic rings. The molecule has 78 valence electrons. The summed E-state index contributed by atoms with van der Waals surface area (Å²) in [5, 5.41) is 0. The second kappa shape index (κ2) is 11.0. The SMILES string of the molecule is C[N+](C)(C)CCOC=O.Cl.N.[Cl-]. The van der Waals surface area contributed by atoms with Crippen LogP contribution in [0, 0.1) is 0 Å². The van der Waals surface area contributed by atoms with Crippen molar-refractivity contribution >= 4 is 18.9 Å². The van der Waals surface area contributed by atoms with Crippen LogP contribution in [0.3, 0.4) is 0 Å². The van der Waals surface area contributed by atoms with E-state index in [4.69, 9.17) is 0 Å². The lowest BCUT2D eigenvalue weighted by Crippen LogP contribution is -3.00. The molecule has 0 saturated carbocycles. The van der Waals surface area contributed by atoms with Crippen molar-refractivity contribution in [2.24, 2.45) is 0 Å². The number of ether oxygens (including phenoxy) is 1. The first-order valence-corrected chi connectivity index (χ1v) is 2.92. The number of hydrogen-bond donors (Lipinski definition) is 1. The summed E-state index contributed by atoms with van der Waals surface area (Å²) in [5.74, 6) is 0. The molecule has 0 spiro atoms. The van der Waals surface area contributed by atoms with Gasteiger partial charge in [0.25, 0.3) is 6.47 Å². The van der Waals surface area contributed by atoms with Crippen LogP contribution in [-0.2, 0) is 9.53 Å². The van der Waals surface area contributed by atoms with Crippen molar-refractivity contribution in [3.63, 3.8) is 0 Å². The Labute approximate surface area is 86.3 Å². The van der Waals surface area contributed by atoms with Crippen LogP contribution in [0.2, 0.25) is 0 Å². The maximum Gasteiger partial charge on any atom is 0.293 e. The Morgan fingerprint density at radius 3 is 2.00 bits per heavy atom. The molecule has 0 atom stereocenters. The Kier molecular flexibility index (Phi) is 20.7. The van der Waals surface area contributed by atoms with Gasteiger partial charge in [-0.2, -0.15) is 0 Å². The molecular weight excluding hydrogens is 203 g/mol. The number of carbonyl (C=O) groups is 1. The van der Waals surface area contributed by atoms with Crippen molar-refractivity contribution in [3.8, 4) is 0 Å². The molecule has 0 aromatic rings. The molecule has 0 rings (SSSR count). The minimum atomic E-state index is 0. The normalized spacial score (nSPS) is 8.25. The largest absolute Gasteiger partial charge is 1.00 e. The average Bonchev–Trinajstić information content (AvgIpc) is 1.63. The molecule has 6 heteroatoms. The Hall–Kier alpha value is -0.0300. The zero-order chi connectivity index (χ0) is 7.33. The number of likely N-dealkylation sites (N-methyl/N-ethyl adjacent to an activating group) is 1. The van der Waals surface area contributed by atoms with E-state index in [1.54, 1.807) is 0 Å². The van der Waals surface area contributed by atoms with Crippen LogP contribution in [0.1, 0.15) is 0 Å². The van der Waals surface area contributed by atoms with Crippen LogP contribution in [-0.4, -0.2) is 45.2 Å². The second-order valence-corrected chi connectivity index (χ2v) is 2.98. The monoisotopic (exact) mass is 220 g/mol. The van der Waals surface area contributed by atoms with Crippen LogP contribution in [0.25, 0.3) is 0 Å². The molecule has 0 radical (unpaired) electrons. The summed E-state index contributed by atoms with van der Waals surface area (Å²) in [5.41, 5.74) is 0. The van der Waals surface area contributed by atoms with Crippen molar-refractivity contribution in [2.75, 3.05) is 34.3 Å². The highest BCUT2D eigenvalue weighted by Crippen LogP contribution is 1.87. The molecule has 3 N–H and O–H groups in total. The van der Waals surface area contributed by atoms with E-state index in [1.807, 2.05) is 21.1 Å². The van der Waals surface area contributed by atoms with Gasteiger partial charge < -0.3 is 27.8 Å². The number of carbonyl (C=O) groups excluding carboxylic acids is 1. The van der Waals surface area contributed by atoms with Crippen molar-refractivity contribution in [1.82, 2.24) is 6.15 Å². The molecule has 0 aliphatic carbocycles. The molecule has 12 heavy (non-hydrogen) atoms. The van der Waals surface area contributed by atoms with Crippen LogP contribution in [0.15, 0.2) is 0 Å². The quantitative estimate of drug-likeness (QED) is 0.323. The fourth-order valence-electron chi connectivity index (χ4n) is 0.375. The van der Waals surface area contributed by atoms with Gasteiger partial charge in [0.15, 0.2) is 0 Å². The van der Waals surface area contributed by atoms with E-state index >= 15 is 0 Å². The van der Waals surface area contributed by atoms with Gasteiger partial charge in [-0.1, -0.05) is 0 Å². The molecule has 0 heterocycles. The van der Waals surface area contributed by atoms with Crippen LogP contribution in [0.5, 0.6) is 0 Å². The van der Waals surface area contributed by atoms with Crippen molar-refractivity contribution in [1.29, 1.82) is 0 Å². The van der Waals surface area contributed by atoms with Gasteiger partial charge in [-0.05, 0) is 0 Å². The van der Waals surface area contributed by atoms with Gasteiger partial charge in [-0.25, -0.2) is 0 Å². The Morgan fingerprint density at radius 2 is 1.75 bits per heavy atom. The number of hydrogen-bond acceptors (Lipinski definition) is 3. The standard InChI is InChI=1S/C6H14NO2.2ClH.H3N/c1-7(2,3)4-5-9-6-8;;;/h6H,4-5H2,1-3H3;2*1H;1H3/q+1;;;/p-1. The lowest BCUT2D eigenvalue weighted by molar-refractivity contribution is -0.870. The first-order valence-electron chi connectivity index (χ1n) is 2.92. The van der Waals surface area contributed by atoms with E-state index < -0.39 is 0 Å². The van der Waals surface area contributed by atoms with E-state index in [0.717, 1.165) is 11.0 Å². The van der Waals surface area contributed by atoms with Crippen LogP contribution < -0.4 is 18.6 Å². The first-order chi connectivity index (χ1) is 4.06. The van der Waals surface area contributed by atoms with Gasteiger partial charge in [0.1, 0.15) is 13.2 Å². The maximum absolute atomic E-state index is 9.66. The fourth-order valence-corrected chi connectivity index (χ4v) is 0.375. The van der Waals surface area contributed by atoms with Crippen LogP contribution in [0.4, 0.5) is 0 Å². The molecular formula is C6H18Cl2N2O2. The smallest absolute Gasteiger partial charge is 0.293 e. The van der Waals surface area contributed by atoms with Crippen molar-refractivity contribution < 1.29 is 26.4 Å². The van der Waals surface area contributed by atoms with E-state index in [-0.39, 0.29) is 31.0 Å². The molecule has 0 aromatic carbocycles. The molecule has 0 fully saturated rings. The first kappa shape index (κ1) is 22.7.